The normalized spacial score (nSPS) is 22.5. The molecule has 0 aromatic heterocycles. The Kier molecular flexibility index (Phi) is 5.34. The molecule has 2 aliphatic carbocycles. The monoisotopic (exact) mass is 326 g/mol. The molecule has 0 spiro atoms. The molecule has 0 bridgehead atoms. The van der Waals surface area contributed by atoms with Gasteiger partial charge in [0.25, 0.3) is 5.91 Å². The van der Waals surface area contributed by atoms with E-state index in [1.165, 1.54) is 31.3 Å². The first-order valence-electron chi connectivity index (χ1n) is 9.00. The van der Waals surface area contributed by atoms with Gasteiger partial charge in [-0.2, -0.15) is 0 Å². The molecule has 0 aliphatic heterocycles. The van der Waals surface area contributed by atoms with Crippen molar-refractivity contribution in [1.82, 2.24) is 5.32 Å². The molecule has 0 unspecified atom stereocenters. The first kappa shape index (κ1) is 16.7. The van der Waals surface area contributed by atoms with Crippen LogP contribution in [0.4, 0.5) is 5.69 Å². The maximum atomic E-state index is 12.2. The van der Waals surface area contributed by atoms with E-state index in [-0.39, 0.29) is 17.7 Å². The summed E-state index contributed by atoms with van der Waals surface area (Å²) in [6, 6.07) is 7.12. The van der Waals surface area contributed by atoms with Crippen molar-refractivity contribution < 1.29 is 9.59 Å². The van der Waals surface area contributed by atoms with Crippen LogP contribution in [0.1, 0.15) is 55.8 Å². The fourth-order valence-electron chi connectivity index (χ4n) is 3.20. The summed E-state index contributed by atoms with van der Waals surface area (Å²) in [5, 5.41) is 5.88. The van der Waals surface area contributed by atoms with Gasteiger partial charge in [0.05, 0.1) is 0 Å². The number of carbonyl (C=O) groups is 2. The smallest absolute Gasteiger partial charge is 0.251 e. The topological polar surface area (TPSA) is 58.2 Å². The van der Waals surface area contributed by atoms with Crippen molar-refractivity contribution in [3.63, 3.8) is 0 Å². The Morgan fingerprint density at radius 3 is 2.54 bits per heavy atom. The highest BCUT2D eigenvalue weighted by molar-refractivity contribution is 5.96. The molecule has 1 saturated carbocycles. The molecule has 128 valence electrons. The number of rotatable bonds is 6. The molecule has 1 aromatic rings. The van der Waals surface area contributed by atoms with E-state index < -0.39 is 0 Å². The van der Waals surface area contributed by atoms with Gasteiger partial charge in [-0.05, 0) is 68.7 Å². The Morgan fingerprint density at radius 1 is 1.17 bits per heavy atom. The van der Waals surface area contributed by atoms with Crippen LogP contribution in [0.15, 0.2) is 35.9 Å². The molecule has 2 atom stereocenters. The van der Waals surface area contributed by atoms with Crippen molar-refractivity contribution in [3.05, 3.63) is 41.5 Å². The van der Waals surface area contributed by atoms with Gasteiger partial charge in [0.1, 0.15) is 0 Å². The third kappa shape index (κ3) is 4.47. The van der Waals surface area contributed by atoms with Crippen molar-refractivity contribution in [2.45, 2.75) is 45.4 Å². The Balaban J connectivity index is 1.45. The maximum absolute atomic E-state index is 12.2. The Hall–Kier alpha value is -2.10. The van der Waals surface area contributed by atoms with E-state index in [0.29, 0.717) is 18.0 Å². The average molecular weight is 326 g/mol. The average Bonchev–Trinajstić information content (AvgIpc) is 3.33. The second kappa shape index (κ2) is 7.65. The summed E-state index contributed by atoms with van der Waals surface area (Å²) >= 11 is 0. The lowest BCUT2D eigenvalue weighted by Gasteiger charge is -2.13. The van der Waals surface area contributed by atoms with Gasteiger partial charge in [0, 0.05) is 23.7 Å². The van der Waals surface area contributed by atoms with Gasteiger partial charge in [-0.1, -0.05) is 18.6 Å². The van der Waals surface area contributed by atoms with Crippen LogP contribution in [0.5, 0.6) is 0 Å². The van der Waals surface area contributed by atoms with Gasteiger partial charge in [0.15, 0.2) is 0 Å². The highest BCUT2D eigenvalue weighted by atomic mass is 16.2. The van der Waals surface area contributed by atoms with E-state index in [1.54, 1.807) is 24.3 Å². The summed E-state index contributed by atoms with van der Waals surface area (Å²) in [6.45, 7) is 2.77. The molecule has 4 heteroatoms. The van der Waals surface area contributed by atoms with Crippen molar-refractivity contribution >= 4 is 17.5 Å². The molecule has 1 aromatic carbocycles. The quantitative estimate of drug-likeness (QED) is 0.779. The second-order valence-electron chi connectivity index (χ2n) is 7.00. The molecule has 2 aliphatic rings. The standard InChI is InChI=1S/C20H26N2O2/c1-14-13-18(14)20(24)22-17-9-7-16(8-10-17)19(23)21-12-11-15-5-3-2-4-6-15/h5,7-10,14,18H,2-4,6,11-13H2,1H3,(H,21,23)(H,22,24)/t14-,18-/m1/s1. The number of allylic oxidation sites excluding steroid dienone is 1. The van der Waals surface area contributed by atoms with Crippen molar-refractivity contribution in [2.24, 2.45) is 11.8 Å². The molecule has 2 N–H and O–H groups in total. The SMILES string of the molecule is C[C@@H]1C[C@H]1C(=O)Nc1ccc(C(=O)NCCC2=CCCCC2)cc1. The molecule has 24 heavy (non-hydrogen) atoms. The number of benzene rings is 1. The summed E-state index contributed by atoms with van der Waals surface area (Å²) < 4.78 is 0. The highest BCUT2D eigenvalue weighted by Crippen LogP contribution is 2.38. The zero-order valence-electron chi connectivity index (χ0n) is 14.3. The summed E-state index contributed by atoms with van der Waals surface area (Å²) in [6.07, 6.45) is 9.14. The largest absolute Gasteiger partial charge is 0.352 e. The van der Waals surface area contributed by atoms with E-state index >= 15 is 0 Å². The lowest BCUT2D eigenvalue weighted by atomic mass is 9.97. The Labute approximate surface area is 143 Å². The van der Waals surface area contributed by atoms with Gasteiger partial charge in [-0.25, -0.2) is 0 Å². The van der Waals surface area contributed by atoms with Crippen LogP contribution in [-0.2, 0) is 4.79 Å². The van der Waals surface area contributed by atoms with Crippen LogP contribution in [0.25, 0.3) is 0 Å². The maximum Gasteiger partial charge on any atom is 0.251 e. The zero-order valence-corrected chi connectivity index (χ0v) is 14.3. The van der Waals surface area contributed by atoms with Crippen molar-refractivity contribution in [3.8, 4) is 0 Å². The number of carbonyl (C=O) groups excluding carboxylic acids is 2. The minimum atomic E-state index is -0.0555. The predicted octanol–water partition coefficient (Wildman–Crippen LogP) is 3.90. The van der Waals surface area contributed by atoms with Gasteiger partial charge < -0.3 is 10.6 Å². The van der Waals surface area contributed by atoms with Gasteiger partial charge in [0.2, 0.25) is 5.91 Å². The van der Waals surface area contributed by atoms with E-state index in [1.807, 2.05) is 0 Å². The van der Waals surface area contributed by atoms with Crippen LogP contribution in [0.3, 0.4) is 0 Å². The number of nitrogens with one attached hydrogen (secondary N) is 2. The molecule has 0 heterocycles. The van der Waals surface area contributed by atoms with E-state index in [0.717, 1.165) is 18.5 Å². The summed E-state index contributed by atoms with van der Waals surface area (Å²) in [5.74, 6) is 0.678. The predicted molar refractivity (Wildman–Crippen MR) is 95.8 cm³/mol. The number of hydrogen-bond acceptors (Lipinski definition) is 2. The lowest BCUT2D eigenvalue weighted by molar-refractivity contribution is -0.117. The first-order valence-corrected chi connectivity index (χ1v) is 9.00. The van der Waals surface area contributed by atoms with E-state index in [9.17, 15) is 9.59 Å². The fourth-order valence-corrected chi connectivity index (χ4v) is 3.20. The zero-order chi connectivity index (χ0) is 16.9. The Bertz CT molecular complexity index is 634. The first-order chi connectivity index (χ1) is 11.6. The van der Waals surface area contributed by atoms with E-state index in [4.69, 9.17) is 0 Å². The third-order valence-electron chi connectivity index (χ3n) is 4.98. The fraction of sp³-hybridized carbons (Fsp3) is 0.500. The molecular formula is C20H26N2O2. The number of amides is 2. The van der Waals surface area contributed by atoms with Gasteiger partial charge in [-0.15, -0.1) is 0 Å². The molecule has 4 nitrogen and oxygen atoms in total. The molecule has 1 fully saturated rings. The molecule has 0 radical (unpaired) electrons. The minimum absolute atomic E-state index is 0.0555. The van der Waals surface area contributed by atoms with Crippen LogP contribution >= 0.6 is 0 Å². The summed E-state index contributed by atoms with van der Waals surface area (Å²) in [7, 11) is 0. The summed E-state index contributed by atoms with van der Waals surface area (Å²) in [5.41, 5.74) is 2.85. The molecular weight excluding hydrogens is 300 g/mol. The van der Waals surface area contributed by atoms with Gasteiger partial charge in [-0.3, -0.25) is 9.59 Å². The number of hydrogen-bond donors (Lipinski definition) is 2. The molecule has 2 amide bonds. The Morgan fingerprint density at radius 2 is 1.92 bits per heavy atom. The second-order valence-corrected chi connectivity index (χ2v) is 7.00. The van der Waals surface area contributed by atoms with Crippen molar-refractivity contribution in [1.29, 1.82) is 0 Å². The lowest BCUT2D eigenvalue weighted by Crippen LogP contribution is -2.25. The molecule has 3 rings (SSSR count). The van der Waals surface area contributed by atoms with Crippen LogP contribution in [0, 0.1) is 11.8 Å². The van der Waals surface area contributed by atoms with Crippen LogP contribution in [-0.4, -0.2) is 18.4 Å². The highest BCUT2D eigenvalue weighted by Gasteiger charge is 2.39. The van der Waals surface area contributed by atoms with Gasteiger partial charge >= 0.3 is 0 Å². The van der Waals surface area contributed by atoms with Crippen LogP contribution in [0.2, 0.25) is 0 Å². The minimum Gasteiger partial charge on any atom is -0.352 e. The number of anilines is 1. The molecule has 0 saturated heterocycles. The van der Waals surface area contributed by atoms with Crippen LogP contribution < -0.4 is 10.6 Å². The van der Waals surface area contributed by atoms with E-state index in [2.05, 4.69) is 23.6 Å². The summed E-state index contributed by atoms with van der Waals surface area (Å²) in [4.78, 5) is 24.1. The third-order valence-corrected chi connectivity index (χ3v) is 4.98. The van der Waals surface area contributed by atoms with Crippen molar-refractivity contribution in [2.75, 3.05) is 11.9 Å².